The van der Waals surface area contributed by atoms with Crippen LogP contribution in [0.1, 0.15) is 71.4 Å². The minimum atomic E-state index is -1.75. The van der Waals surface area contributed by atoms with Gasteiger partial charge >= 0.3 is 11.9 Å². The van der Waals surface area contributed by atoms with Crippen molar-refractivity contribution < 1.29 is 48.6 Å². The summed E-state index contributed by atoms with van der Waals surface area (Å²) < 4.78 is 0. The van der Waals surface area contributed by atoms with Crippen molar-refractivity contribution in [1.29, 1.82) is 0 Å². The van der Waals surface area contributed by atoms with Gasteiger partial charge in [0, 0.05) is 26.3 Å². The Bertz CT molecular complexity index is 1700. The van der Waals surface area contributed by atoms with Crippen LogP contribution in [-0.2, 0) is 51.2 Å². The van der Waals surface area contributed by atoms with Gasteiger partial charge in [-0.15, -0.1) is 0 Å². The summed E-state index contributed by atoms with van der Waals surface area (Å²) in [6.07, 6.45) is 0.320. The number of likely N-dealkylation sites (tertiary alicyclic amines) is 1. The lowest BCUT2D eigenvalue weighted by molar-refractivity contribution is -0.147. The molecule has 0 bridgehead atoms. The zero-order valence-electron chi connectivity index (χ0n) is 32.4. The predicted octanol–water partition coefficient (Wildman–Crippen LogP) is 1.17. The number of benzene rings is 2. The third kappa shape index (κ3) is 13.8. The summed E-state index contributed by atoms with van der Waals surface area (Å²) in [6.45, 7) is 8.75. The molecule has 16 nitrogen and oxygen atoms in total. The lowest BCUT2D eigenvalue weighted by atomic mass is 9.98. The summed E-state index contributed by atoms with van der Waals surface area (Å²) >= 11 is 0. The van der Waals surface area contributed by atoms with E-state index in [4.69, 9.17) is 5.11 Å². The van der Waals surface area contributed by atoms with Gasteiger partial charge in [0.25, 0.3) is 0 Å². The maximum atomic E-state index is 14.0. The van der Waals surface area contributed by atoms with E-state index in [-0.39, 0.29) is 31.1 Å². The molecule has 3 rings (SSSR count). The molecular weight excluding hydrogens is 724 g/mol. The number of rotatable bonds is 20. The Kier molecular flexibility index (Phi) is 17.0. The topological polar surface area (TPSA) is 240 Å². The first-order valence-electron chi connectivity index (χ1n) is 18.8. The molecule has 0 spiro atoms. The molecule has 0 saturated carbocycles. The van der Waals surface area contributed by atoms with E-state index in [1.807, 2.05) is 6.07 Å². The maximum Gasteiger partial charge on any atom is 0.326 e. The number of hydrogen-bond acceptors (Lipinski definition) is 8. The second kappa shape index (κ2) is 21.3. The van der Waals surface area contributed by atoms with Crippen LogP contribution in [0.4, 0.5) is 0 Å². The third-order valence-corrected chi connectivity index (χ3v) is 9.37. The van der Waals surface area contributed by atoms with E-state index in [1.54, 1.807) is 82.3 Å². The van der Waals surface area contributed by atoms with E-state index in [0.29, 0.717) is 24.9 Å². The highest BCUT2D eigenvalue weighted by molar-refractivity contribution is 5.97. The molecule has 1 fully saturated rings. The number of carboxylic acids is 2. The second-order valence-corrected chi connectivity index (χ2v) is 14.8. The van der Waals surface area contributed by atoms with Gasteiger partial charge in [-0.2, -0.15) is 0 Å². The van der Waals surface area contributed by atoms with Crippen molar-refractivity contribution in [2.45, 2.75) is 109 Å². The highest BCUT2D eigenvalue weighted by atomic mass is 16.4. The predicted molar refractivity (Wildman–Crippen MR) is 205 cm³/mol. The van der Waals surface area contributed by atoms with Crippen LogP contribution in [0, 0.1) is 11.8 Å². The van der Waals surface area contributed by atoms with Gasteiger partial charge in [0.1, 0.15) is 36.3 Å². The molecule has 1 aliphatic heterocycles. The summed E-state index contributed by atoms with van der Waals surface area (Å²) in [6, 6.07) is 10.4. The van der Waals surface area contributed by atoms with Crippen molar-refractivity contribution in [2.24, 2.45) is 11.8 Å². The minimum absolute atomic E-state index is 0.0231. The molecule has 304 valence electrons. The Morgan fingerprint density at radius 2 is 1.14 bits per heavy atom. The van der Waals surface area contributed by atoms with Crippen molar-refractivity contribution >= 4 is 47.4 Å². The number of hydrogen-bond donors (Lipinski definition) is 7. The van der Waals surface area contributed by atoms with E-state index < -0.39 is 90.1 Å². The van der Waals surface area contributed by atoms with E-state index in [2.05, 4.69) is 26.6 Å². The number of carboxylic acid groups (broad SMARTS) is 2. The number of carbonyl (C=O) groups excluding carboxylic acids is 6. The van der Waals surface area contributed by atoms with Crippen molar-refractivity contribution in [1.82, 2.24) is 31.5 Å². The smallest absolute Gasteiger partial charge is 0.326 e. The average molecular weight is 779 g/mol. The molecule has 1 heterocycles. The zero-order chi connectivity index (χ0) is 41.5. The molecule has 0 aliphatic carbocycles. The average Bonchev–Trinajstić information content (AvgIpc) is 3.64. The van der Waals surface area contributed by atoms with Crippen LogP contribution in [0.25, 0.3) is 0 Å². The first-order valence-corrected chi connectivity index (χ1v) is 18.8. The van der Waals surface area contributed by atoms with Gasteiger partial charge in [-0.05, 0) is 42.2 Å². The lowest BCUT2D eigenvalue weighted by Gasteiger charge is -2.29. The number of carbonyl (C=O) groups is 8. The zero-order valence-corrected chi connectivity index (χ0v) is 32.4. The standard InChI is InChI=1S/C40H54N6O10/c1-23(2)19-28(35(50)44-31(40(55)56)22-33(48)49)41-36(51)29(20-26-13-8-6-9-14-26)43-39(54)34(24(3)4)45-37(52)30(21-27-15-10-7-11-16-27)42-38(53)32-17-12-18-46(32)25(5)47/h6-11,13-16,23-24,28-32,34H,12,17-22H2,1-5H3,(H,41,51)(H,42,53)(H,43,54)(H,44,50)(H,45,52)(H,48,49)(H,55,56)/t28-,29-,30-,31-,32-,34-/m0/s1. The monoisotopic (exact) mass is 778 g/mol. The van der Waals surface area contributed by atoms with Crippen molar-refractivity contribution in [3.8, 4) is 0 Å². The third-order valence-electron chi connectivity index (χ3n) is 9.37. The molecule has 1 saturated heterocycles. The highest BCUT2D eigenvalue weighted by Gasteiger charge is 2.37. The molecule has 6 amide bonds. The molecule has 0 aromatic heterocycles. The van der Waals surface area contributed by atoms with Crippen LogP contribution in [0.5, 0.6) is 0 Å². The van der Waals surface area contributed by atoms with Gasteiger partial charge in [-0.25, -0.2) is 4.79 Å². The molecular formula is C40H54N6O10. The number of nitrogens with zero attached hydrogens (tertiary/aromatic N) is 1. The molecule has 6 atom stereocenters. The number of nitrogens with one attached hydrogen (secondary N) is 5. The molecule has 2 aromatic rings. The molecule has 56 heavy (non-hydrogen) atoms. The fraction of sp³-hybridized carbons (Fsp3) is 0.500. The Hall–Kier alpha value is -5.80. The first kappa shape index (κ1) is 44.6. The van der Waals surface area contributed by atoms with E-state index in [9.17, 15) is 43.5 Å². The van der Waals surface area contributed by atoms with Gasteiger partial charge in [0.15, 0.2) is 0 Å². The number of amides is 6. The van der Waals surface area contributed by atoms with Gasteiger partial charge in [0.05, 0.1) is 6.42 Å². The lowest BCUT2D eigenvalue weighted by Crippen LogP contribution is -2.61. The van der Waals surface area contributed by atoms with Gasteiger partial charge in [-0.3, -0.25) is 33.6 Å². The largest absolute Gasteiger partial charge is 0.481 e. The fourth-order valence-corrected chi connectivity index (χ4v) is 6.47. The van der Waals surface area contributed by atoms with Crippen molar-refractivity contribution in [3.05, 3.63) is 71.8 Å². The second-order valence-electron chi connectivity index (χ2n) is 14.8. The van der Waals surface area contributed by atoms with Crippen LogP contribution in [0.15, 0.2) is 60.7 Å². The maximum absolute atomic E-state index is 14.0. The van der Waals surface area contributed by atoms with Gasteiger partial charge in [-0.1, -0.05) is 88.4 Å². The Balaban J connectivity index is 1.87. The Morgan fingerprint density at radius 1 is 0.661 bits per heavy atom. The number of aliphatic carboxylic acids is 2. The molecule has 2 aromatic carbocycles. The van der Waals surface area contributed by atoms with E-state index in [0.717, 1.165) is 5.56 Å². The van der Waals surface area contributed by atoms with Crippen molar-refractivity contribution in [3.63, 3.8) is 0 Å². The Morgan fingerprint density at radius 3 is 1.62 bits per heavy atom. The van der Waals surface area contributed by atoms with Gasteiger partial charge < -0.3 is 41.7 Å². The summed E-state index contributed by atoms with van der Waals surface area (Å²) in [5, 5.41) is 31.7. The Labute approximate surface area is 326 Å². The minimum Gasteiger partial charge on any atom is -0.481 e. The summed E-state index contributed by atoms with van der Waals surface area (Å²) in [7, 11) is 0. The van der Waals surface area contributed by atoms with Crippen LogP contribution in [-0.4, -0.2) is 105 Å². The summed E-state index contributed by atoms with van der Waals surface area (Å²) in [4.78, 5) is 105. The fourth-order valence-electron chi connectivity index (χ4n) is 6.47. The summed E-state index contributed by atoms with van der Waals surface area (Å²) in [5.74, 6) is -7.48. The molecule has 0 radical (unpaired) electrons. The summed E-state index contributed by atoms with van der Waals surface area (Å²) in [5.41, 5.74) is 1.40. The molecule has 1 aliphatic rings. The SMILES string of the molecule is CC(=O)N1CCC[C@H]1C(=O)N[C@@H](Cc1ccccc1)C(=O)N[C@H](C(=O)N[C@@H](Cc1ccccc1)C(=O)N[C@@H](CC(C)C)C(=O)N[C@@H](CC(=O)O)C(=O)O)C(C)C. The van der Waals surface area contributed by atoms with E-state index in [1.165, 1.54) is 11.8 Å². The molecule has 16 heteroatoms. The molecule has 0 unspecified atom stereocenters. The van der Waals surface area contributed by atoms with Gasteiger partial charge in [0.2, 0.25) is 35.4 Å². The molecule has 7 N–H and O–H groups in total. The van der Waals surface area contributed by atoms with Crippen LogP contribution < -0.4 is 26.6 Å². The van der Waals surface area contributed by atoms with Crippen molar-refractivity contribution in [2.75, 3.05) is 6.54 Å². The normalized spacial score (nSPS) is 16.5. The highest BCUT2D eigenvalue weighted by Crippen LogP contribution is 2.18. The van der Waals surface area contributed by atoms with Crippen LogP contribution >= 0.6 is 0 Å². The van der Waals surface area contributed by atoms with E-state index >= 15 is 0 Å². The van der Waals surface area contributed by atoms with Crippen LogP contribution in [0.2, 0.25) is 0 Å². The van der Waals surface area contributed by atoms with Crippen LogP contribution in [0.3, 0.4) is 0 Å². The first-order chi connectivity index (χ1) is 26.5. The quantitative estimate of drug-likeness (QED) is 0.101.